The van der Waals surface area contributed by atoms with E-state index in [9.17, 15) is 9.59 Å². The van der Waals surface area contributed by atoms with Crippen molar-refractivity contribution in [3.63, 3.8) is 0 Å². The summed E-state index contributed by atoms with van der Waals surface area (Å²) in [5.74, 6) is 0.418. The summed E-state index contributed by atoms with van der Waals surface area (Å²) in [5.41, 5.74) is 0. The highest BCUT2D eigenvalue weighted by atomic mass is 16.4. The summed E-state index contributed by atoms with van der Waals surface area (Å²) in [6.45, 7) is 1.91. The first-order valence-electron chi connectivity index (χ1n) is 6.90. The van der Waals surface area contributed by atoms with Crippen molar-refractivity contribution in [1.29, 1.82) is 0 Å². The lowest BCUT2D eigenvalue weighted by Gasteiger charge is -2.24. The zero-order valence-electron chi connectivity index (χ0n) is 10.8. The molecule has 0 aliphatic heterocycles. The molecule has 4 atom stereocenters. The largest absolute Gasteiger partial charge is 0.480 e. The number of carbonyl (C=O) groups is 2. The second kappa shape index (κ2) is 5.59. The second-order valence-electron chi connectivity index (χ2n) is 5.58. The number of hydrogen-bond donors (Lipinski definition) is 3. The number of fused-ring (bicyclic) bond motifs is 2. The van der Waals surface area contributed by atoms with Gasteiger partial charge < -0.3 is 15.7 Å². The standard InChI is InChI=1S/C13H22N2O3/c1-2-3-10(12(16)17)14-13(18)15-11-7-8-4-5-9(11)6-8/h8-11H,2-7H2,1H3,(H,16,17)(H2,14,15,18)/t8?,9?,10-,11?/m0/s1. The lowest BCUT2D eigenvalue weighted by Crippen LogP contribution is -2.50. The summed E-state index contributed by atoms with van der Waals surface area (Å²) in [6, 6.07) is -0.846. The Balaban J connectivity index is 1.79. The molecule has 18 heavy (non-hydrogen) atoms. The molecule has 0 aromatic carbocycles. The molecule has 2 amide bonds. The van der Waals surface area contributed by atoms with Gasteiger partial charge in [-0.3, -0.25) is 0 Å². The van der Waals surface area contributed by atoms with Crippen LogP contribution in [0, 0.1) is 11.8 Å². The molecule has 0 radical (unpaired) electrons. The van der Waals surface area contributed by atoms with Crippen LogP contribution in [0.15, 0.2) is 0 Å². The molecule has 5 heteroatoms. The molecule has 2 fully saturated rings. The van der Waals surface area contributed by atoms with Crippen molar-refractivity contribution < 1.29 is 14.7 Å². The third-order valence-corrected chi connectivity index (χ3v) is 4.24. The summed E-state index contributed by atoms with van der Waals surface area (Å²) in [4.78, 5) is 22.7. The van der Waals surface area contributed by atoms with Gasteiger partial charge in [-0.25, -0.2) is 9.59 Å². The minimum atomic E-state index is -0.958. The number of urea groups is 1. The average Bonchev–Trinajstić information content (AvgIpc) is 2.90. The maximum atomic E-state index is 11.8. The van der Waals surface area contributed by atoms with Crippen LogP contribution in [0.1, 0.15) is 45.4 Å². The number of rotatable bonds is 5. The van der Waals surface area contributed by atoms with E-state index in [1.807, 2.05) is 6.92 Å². The van der Waals surface area contributed by atoms with E-state index >= 15 is 0 Å². The Kier molecular flexibility index (Phi) is 4.09. The third kappa shape index (κ3) is 2.94. The number of carbonyl (C=O) groups excluding carboxylic acids is 1. The number of carboxylic acids is 1. The summed E-state index contributed by atoms with van der Waals surface area (Å²) in [6.07, 6.45) is 5.99. The summed E-state index contributed by atoms with van der Waals surface area (Å²) in [7, 11) is 0. The van der Waals surface area contributed by atoms with E-state index in [0.29, 0.717) is 12.3 Å². The molecule has 0 spiro atoms. The monoisotopic (exact) mass is 254 g/mol. The van der Waals surface area contributed by atoms with Gasteiger partial charge in [-0.15, -0.1) is 0 Å². The highest BCUT2D eigenvalue weighted by Crippen LogP contribution is 2.44. The Morgan fingerprint density at radius 1 is 1.33 bits per heavy atom. The van der Waals surface area contributed by atoms with Gasteiger partial charge in [0.2, 0.25) is 0 Å². The smallest absolute Gasteiger partial charge is 0.326 e. The van der Waals surface area contributed by atoms with Gasteiger partial charge >= 0.3 is 12.0 Å². The number of amides is 2. The Morgan fingerprint density at radius 3 is 2.61 bits per heavy atom. The molecule has 2 aliphatic rings. The number of nitrogens with one attached hydrogen (secondary N) is 2. The quantitative estimate of drug-likeness (QED) is 0.699. The fraction of sp³-hybridized carbons (Fsp3) is 0.846. The van der Waals surface area contributed by atoms with Crippen LogP contribution in [-0.2, 0) is 4.79 Å². The normalized spacial score (nSPS) is 31.1. The van der Waals surface area contributed by atoms with Gasteiger partial charge in [0.05, 0.1) is 0 Å². The van der Waals surface area contributed by atoms with Gasteiger partial charge in [-0.2, -0.15) is 0 Å². The van der Waals surface area contributed by atoms with Crippen molar-refractivity contribution in [3.8, 4) is 0 Å². The Bertz CT molecular complexity index is 332. The molecule has 0 saturated heterocycles. The van der Waals surface area contributed by atoms with Crippen LogP contribution in [0.4, 0.5) is 4.79 Å². The van der Waals surface area contributed by atoms with Crippen molar-refractivity contribution in [2.75, 3.05) is 0 Å². The zero-order valence-corrected chi connectivity index (χ0v) is 10.8. The van der Waals surface area contributed by atoms with Crippen molar-refractivity contribution in [2.45, 2.75) is 57.5 Å². The van der Waals surface area contributed by atoms with Crippen LogP contribution in [0.2, 0.25) is 0 Å². The van der Waals surface area contributed by atoms with Gasteiger partial charge in [0.25, 0.3) is 0 Å². The van der Waals surface area contributed by atoms with Gasteiger partial charge in [0.15, 0.2) is 0 Å². The first kappa shape index (κ1) is 13.2. The van der Waals surface area contributed by atoms with E-state index in [1.54, 1.807) is 0 Å². The molecular weight excluding hydrogens is 232 g/mol. The summed E-state index contributed by atoms with van der Waals surface area (Å²) in [5, 5.41) is 14.5. The maximum Gasteiger partial charge on any atom is 0.326 e. The van der Waals surface area contributed by atoms with E-state index in [2.05, 4.69) is 10.6 Å². The van der Waals surface area contributed by atoms with Gasteiger partial charge in [0, 0.05) is 6.04 Å². The summed E-state index contributed by atoms with van der Waals surface area (Å²) < 4.78 is 0. The predicted molar refractivity (Wildman–Crippen MR) is 67.2 cm³/mol. The van der Waals surface area contributed by atoms with E-state index in [4.69, 9.17) is 5.11 Å². The molecule has 2 saturated carbocycles. The molecular formula is C13H22N2O3. The predicted octanol–water partition coefficient (Wildman–Crippen LogP) is 1.73. The minimum absolute atomic E-state index is 0.250. The van der Waals surface area contributed by atoms with Gasteiger partial charge in [-0.05, 0) is 37.5 Å². The van der Waals surface area contributed by atoms with Crippen LogP contribution in [0.3, 0.4) is 0 Å². The average molecular weight is 254 g/mol. The van der Waals surface area contributed by atoms with Crippen molar-refractivity contribution in [1.82, 2.24) is 10.6 Å². The summed E-state index contributed by atoms with van der Waals surface area (Å²) >= 11 is 0. The van der Waals surface area contributed by atoms with Gasteiger partial charge in [-0.1, -0.05) is 19.8 Å². The van der Waals surface area contributed by atoms with Crippen LogP contribution >= 0.6 is 0 Å². The molecule has 3 N–H and O–H groups in total. The third-order valence-electron chi connectivity index (χ3n) is 4.24. The fourth-order valence-corrected chi connectivity index (χ4v) is 3.34. The molecule has 0 aromatic heterocycles. The van der Waals surface area contributed by atoms with Crippen LogP contribution in [0.25, 0.3) is 0 Å². The van der Waals surface area contributed by atoms with E-state index in [0.717, 1.165) is 18.8 Å². The number of aliphatic carboxylic acids is 1. The molecule has 2 aliphatic carbocycles. The number of hydrogen-bond acceptors (Lipinski definition) is 2. The van der Waals surface area contributed by atoms with E-state index < -0.39 is 12.0 Å². The Morgan fingerprint density at radius 2 is 2.11 bits per heavy atom. The Labute approximate surface area is 107 Å². The second-order valence-corrected chi connectivity index (χ2v) is 5.58. The van der Waals surface area contributed by atoms with Crippen LogP contribution < -0.4 is 10.6 Å². The minimum Gasteiger partial charge on any atom is -0.480 e. The van der Waals surface area contributed by atoms with Crippen molar-refractivity contribution in [3.05, 3.63) is 0 Å². The lowest BCUT2D eigenvalue weighted by molar-refractivity contribution is -0.139. The zero-order chi connectivity index (χ0) is 13.1. The number of carboxylic acid groups (broad SMARTS) is 1. The lowest BCUT2D eigenvalue weighted by atomic mass is 9.95. The van der Waals surface area contributed by atoms with Crippen molar-refractivity contribution in [2.24, 2.45) is 11.8 Å². The Hall–Kier alpha value is -1.26. The molecule has 2 bridgehead atoms. The van der Waals surface area contributed by atoms with Crippen LogP contribution in [-0.4, -0.2) is 29.2 Å². The highest BCUT2D eigenvalue weighted by molar-refractivity contribution is 5.82. The topological polar surface area (TPSA) is 78.4 Å². The highest BCUT2D eigenvalue weighted by Gasteiger charge is 2.40. The van der Waals surface area contributed by atoms with Crippen LogP contribution in [0.5, 0.6) is 0 Å². The molecule has 3 unspecified atom stereocenters. The van der Waals surface area contributed by atoms with E-state index in [-0.39, 0.29) is 12.1 Å². The first-order valence-corrected chi connectivity index (χ1v) is 6.90. The van der Waals surface area contributed by atoms with Gasteiger partial charge in [0.1, 0.15) is 6.04 Å². The fourth-order valence-electron chi connectivity index (χ4n) is 3.34. The molecule has 0 heterocycles. The first-order chi connectivity index (χ1) is 8.60. The molecule has 2 rings (SSSR count). The SMILES string of the molecule is CCC[C@H](NC(=O)NC1CC2CCC1C2)C(=O)O. The maximum absolute atomic E-state index is 11.8. The van der Waals surface area contributed by atoms with Crippen molar-refractivity contribution >= 4 is 12.0 Å². The molecule has 102 valence electrons. The molecule has 0 aromatic rings. The molecule has 5 nitrogen and oxygen atoms in total. The van der Waals surface area contributed by atoms with E-state index in [1.165, 1.54) is 19.3 Å².